The Bertz CT molecular complexity index is 378. The number of ether oxygens (including phenoxy) is 1. The Labute approximate surface area is 99.4 Å². The van der Waals surface area contributed by atoms with Crippen LogP contribution in [0.3, 0.4) is 0 Å². The van der Waals surface area contributed by atoms with Crippen LogP contribution in [0, 0.1) is 12.7 Å². The molecule has 0 aliphatic carbocycles. The van der Waals surface area contributed by atoms with Crippen molar-refractivity contribution in [3.63, 3.8) is 0 Å². The van der Waals surface area contributed by atoms with Crippen molar-refractivity contribution < 1.29 is 9.13 Å². The van der Waals surface area contributed by atoms with Crippen molar-refractivity contribution in [2.45, 2.75) is 29.9 Å². The van der Waals surface area contributed by atoms with E-state index in [0.29, 0.717) is 16.5 Å². The molecule has 1 aromatic rings. The molecule has 0 saturated carbocycles. The van der Waals surface area contributed by atoms with Gasteiger partial charge in [0, 0.05) is 29.0 Å². The minimum absolute atomic E-state index is 0.228. The van der Waals surface area contributed by atoms with Gasteiger partial charge in [-0.1, -0.05) is 0 Å². The Hall–Kier alpha value is -0.740. The number of nitrogen functional groups attached to an aromatic ring is 1. The van der Waals surface area contributed by atoms with Gasteiger partial charge in [-0.05, 0) is 37.5 Å². The number of halogens is 1. The summed E-state index contributed by atoms with van der Waals surface area (Å²) in [5.41, 5.74) is 7.01. The van der Waals surface area contributed by atoms with Gasteiger partial charge in [0.15, 0.2) is 0 Å². The Kier molecular flexibility index (Phi) is 3.71. The molecule has 0 amide bonds. The van der Waals surface area contributed by atoms with Crippen molar-refractivity contribution in [2.24, 2.45) is 0 Å². The molecule has 1 saturated heterocycles. The molecule has 0 atom stereocenters. The predicted octanol–water partition coefficient (Wildman–Crippen LogP) is 2.99. The van der Waals surface area contributed by atoms with Crippen LogP contribution in [-0.4, -0.2) is 18.5 Å². The first-order chi connectivity index (χ1) is 7.66. The number of benzene rings is 1. The summed E-state index contributed by atoms with van der Waals surface area (Å²) in [4.78, 5) is 0.991. The fourth-order valence-corrected chi connectivity index (χ4v) is 2.97. The molecule has 0 bridgehead atoms. The molecule has 1 aromatic carbocycles. The lowest BCUT2D eigenvalue weighted by Crippen LogP contribution is -2.17. The van der Waals surface area contributed by atoms with E-state index in [2.05, 4.69) is 0 Å². The number of hydrogen-bond donors (Lipinski definition) is 1. The largest absolute Gasteiger partial charge is 0.398 e. The number of hydrogen-bond acceptors (Lipinski definition) is 3. The highest BCUT2D eigenvalue weighted by molar-refractivity contribution is 8.00. The van der Waals surface area contributed by atoms with Gasteiger partial charge >= 0.3 is 0 Å². The maximum atomic E-state index is 13.2. The second-order valence-electron chi connectivity index (χ2n) is 4.07. The van der Waals surface area contributed by atoms with E-state index in [0.717, 1.165) is 31.0 Å². The summed E-state index contributed by atoms with van der Waals surface area (Å²) in [5, 5.41) is 0.543. The first-order valence-electron chi connectivity index (χ1n) is 5.47. The average molecular weight is 241 g/mol. The van der Waals surface area contributed by atoms with Gasteiger partial charge in [-0.2, -0.15) is 0 Å². The van der Waals surface area contributed by atoms with Crippen molar-refractivity contribution in [3.05, 3.63) is 23.5 Å². The Morgan fingerprint density at radius 1 is 1.38 bits per heavy atom. The van der Waals surface area contributed by atoms with Crippen LogP contribution in [0.15, 0.2) is 17.0 Å². The monoisotopic (exact) mass is 241 g/mol. The molecule has 0 spiro atoms. The summed E-state index contributed by atoms with van der Waals surface area (Å²) < 4.78 is 18.5. The number of nitrogens with two attached hydrogens (primary N) is 1. The molecule has 1 heterocycles. The quantitative estimate of drug-likeness (QED) is 0.808. The van der Waals surface area contributed by atoms with Crippen LogP contribution in [0.5, 0.6) is 0 Å². The normalized spacial score (nSPS) is 17.6. The third kappa shape index (κ3) is 2.68. The molecule has 16 heavy (non-hydrogen) atoms. The highest BCUT2D eigenvalue weighted by Gasteiger charge is 2.16. The molecule has 2 N–H and O–H groups in total. The molecule has 1 aliphatic heterocycles. The number of anilines is 1. The summed E-state index contributed by atoms with van der Waals surface area (Å²) in [7, 11) is 0. The Balaban J connectivity index is 2.11. The molecule has 0 unspecified atom stereocenters. The highest BCUT2D eigenvalue weighted by Crippen LogP contribution is 2.34. The van der Waals surface area contributed by atoms with Crippen LogP contribution in [-0.2, 0) is 4.74 Å². The van der Waals surface area contributed by atoms with Crippen LogP contribution in [0.4, 0.5) is 10.1 Å². The molecule has 88 valence electrons. The lowest BCUT2D eigenvalue weighted by atomic mass is 10.2. The summed E-state index contributed by atoms with van der Waals surface area (Å²) in [5.74, 6) is -0.228. The second kappa shape index (κ2) is 5.06. The topological polar surface area (TPSA) is 35.2 Å². The fourth-order valence-electron chi connectivity index (χ4n) is 1.75. The summed E-state index contributed by atoms with van der Waals surface area (Å²) >= 11 is 1.74. The standard InChI is InChI=1S/C12H16FNOS/c1-8-6-12(11(14)7-10(8)13)16-9-2-4-15-5-3-9/h6-7,9H,2-5,14H2,1H3. The van der Waals surface area contributed by atoms with E-state index in [4.69, 9.17) is 10.5 Å². The maximum absolute atomic E-state index is 13.2. The molecule has 4 heteroatoms. The number of aryl methyl sites for hydroxylation is 1. The molecular formula is C12H16FNOS. The van der Waals surface area contributed by atoms with Crippen molar-refractivity contribution in [1.82, 2.24) is 0 Å². The smallest absolute Gasteiger partial charge is 0.128 e. The van der Waals surface area contributed by atoms with Crippen molar-refractivity contribution in [2.75, 3.05) is 18.9 Å². The van der Waals surface area contributed by atoms with Crippen molar-refractivity contribution >= 4 is 17.4 Å². The third-order valence-electron chi connectivity index (χ3n) is 2.75. The molecule has 0 radical (unpaired) electrons. The molecule has 2 nitrogen and oxygen atoms in total. The summed E-state index contributed by atoms with van der Waals surface area (Å²) in [6.07, 6.45) is 2.08. The van der Waals surface area contributed by atoms with Gasteiger partial charge in [-0.3, -0.25) is 0 Å². The number of rotatable bonds is 2. The molecule has 1 aliphatic rings. The SMILES string of the molecule is Cc1cc(SC2CCOCC2)c(N)cc1F. The van der Waals surface area contributed by atoms with Gasteiger partial charge in [0.25, 0.3) is 0 Å². The maximum Gasteiger partial charge on any atom is 0.128 e. The molecule has 1 fully saturated rings. The van der Waals surface area contributed by atoms with Crippen LogP contribution in [0.25, 0.3) is 0 Å². The first-order valence-corrected chi connectivity index (χ1v) is 6.35. The zero-order valence-corrected chi connectivity index (χ0v) is 10.1. The summed E-state index contributed by atoms with van der Waals surface area (Å²) in [6.45, 7) is 3.40. The lowest BCUT2D eigenvalue weighted by molar-refractivity contribution is 0.100. The minimum Gasteiger partial charge on any atom is -0.398 e. The van der Waals surface area contributed by atoms with E-state index in [1.807, 2.05) is 6.07 Å². The van der Waals surface area contributed by atoms with Gasteiger partial charge < -0.3 is 10.5 Å². The zero-order chi connectivity index (χ0) is 11.5. The van der Waals surface area contributed by atoms with Gasteiger partial charge in [0.05, 0.1) is 0 Å². The Morgan fingerprint density at radius 3 is 2.75 bits per heavy atom. The summed E-state index contributed by atoms with van der Waals surface area (Å²) in [6, 6.07) is 3.25. The van der Waals surface area contributed by atoms with Crippen molar-refractivity contribution in [3.8, 4) is 0 Å². The minimum atomic E-state index is -0.228. The molecule has 2 rings (SSSR count). The zero-order valence-electron chi connectivity index (χ0n) is 9.33. The van der Waals surface area contributed by atoms with Crippen LogP contribution in [0.2, 0.25) is 0 Å². The van der Waals surface area contributed by atoms with E-state index < -0.39 is 0 Å². The second-order valence-corrected chi connectivity index (χ2v) is 5.41. The fraction of sp³-hybridized carbons (Fsp3) is 0.500. The van der Waals surface area contributed by atoms with E-state index in [-0.39, 0.29) is 5.82 Å². The number of thioether (sulfide) groups is 1. The van der Waals surface area contributed by atoms with E-state index in [1.165, 1.54) is 6.07 Å². The van der Waals surface area contributed by atoms with Gasteiger partial charge in [0.2, 0.25) is 0 Å². The van der Waals surface area contributed by atoms with E-state index in [1.54, 1.807) is 18.7 Å². The van der Waals surface area contributed by atoms with E-state index in [9.17, 15) is 4.39 Å². The Morgan fingerprint density at radius 2 is 2.06 bits per heavy atom. The average Bonchev–Trinajstić information content (AvgIpc) is 2.27. The highest BCUT2D eigenvalue weighted by atomic mass is 32.2. The van der Waals surface area contributed by atoms with Gasteiger partial charge in [-0.15, -0.1) is 11.8 Å². The van der Waals surface area contributed by atoms with Gasteiger partial charge in [-0.25, -0.2) is 4.39 Å². The van der Waals surface area contributed by atoms with Crippen LogP contribution < -0.4 is 5.73 Å². The van der Waals surface area contributed by atoms with Crippen LogP contribution in [0.1, 0.15) is 18.4 Å². The molecular weight excluding hydrogens is 225 g/mol. The lowest BCUT2D eigenvalue weighted by Gasteiger charge is -2.22. The first kappa shape index (κ1) is 11.7. The third-order valence-corrected chi connectivity index (χ3v) is 4.17. The van der Waals surface area contributed by atoms with Crippen molar-refractivity contribution in [1.29, 1.82) is 0 Å². The molecule has 0 aromatic heterocycles. The predicted molar refractivity (Wildman–Crippen MR) is 65.2 cm³/mol. The van der Waals surface area contributed by atoms with Crippen LogP contribution >= 0.6 is 11.8 Å². The van der Waals surface area contributed by atoms with Gasteiger partial charge in [0.1, 0.15) is 5.82 Å². The van der Waals surface area contributed by atoms with E-state index >= 15 is 0 Å².